The highest BCUT2D eigenvalue weighted by atomic mass is 35.5. The first-order valence-electron chi connectivity index (χ1n) is 8.42. The summed E-state index contributed by atoms with van der Waals surface area (Å²) >= 11 is 6.11. The molecule has 24 heavy (non-hydrogen) atoms. The Morgan fingerprint density at radius 3 is 2.71 bits per heavy atom. The number of hydrogen-bond donors (Lipinski definition) is 1. The van der Waals surface area contributed by atoms with Gasteiger partial charge in [-0.15, -0.1) is 0 Å². The molecule has 0 aliphatic heterocycles. The van der Waals surface area contributed by atoms with Crippen LogP contribution in [0.3, 0.4) is 0 Å². The summed E-state index contributed by atoms with van der Waals surface area (Å²) in [6.45, 7) is 0.474. The molecule has 1 aromatic rings. The average molecular weight is 350 g/mol. The highest BCUT2D eigenvalue weighted by Gasteiger charge is 2.37. The van der Waals surface area contributed by atoms with Crippen molar-refractivity contribution in [1.82, 2.24) is 10.2 Å². The number of amides is 1. The summed E-state index contributed by atoms with van der Waals surface area (Å²) in [5.41, 5.74) is -0.295. The van der Waals surface area contributed by atoms with Crippen molar-refractivity contribution in [1.29, 1.82) is 5.26 Å². The van der Waals surface area contributed by atoms with E-state index >= 15 is 0 Å². The van der Waals surface area contributed by atoms with Crippen LogP contribution in [0.4, 0.5) is 4.39 Å². The van der Waals surface area contributed by atoms with Gasteiger partial charge in [-0.3, -0.25) is 9.69 Å². The van der Waals surface area contributed by atoms with Gasteiger partial charge < -0.3 is 5.32 Å². The molecule has 2 aliphatic rings. The number of carbonyl (C=O) groups is 1. The standard InChI is InChI=1S/C18H21ClFN3O/c19-15-4-3-5-16(20)14(15)10-23(13-6-7-13)11-17(24)22-18(12-21)8-1-2-9-18/h3-5,13H,1-2,6-11H2,(H,22,24). The lowest BCUT2D eigenvalue weighted by atomic mass is 10.00. The number of rotatable bonds is 6. The van der Waals surface area contributed by atoms with Crippen LogP contribution in [0.5, 0.6) is 0 Å². The highest BCUT2D eigenvalue weighted by molar-refractivity contribution is 6.31. The van der Waals surface area contributed by atoms with Crippen LogP contribution in [0.15, 0.2) is 18.2 Å². The van der Waals surface area contributed by atoms with Crippen molar-refractivity contribution in [3.63, 3.8) is 0 Å². The van der Waals surface area contributed by atoms with Gasteiger partial charge in [0.2, 0.25) is 5.91 Å². The number of nitrogens with zero attached hydrogens (tertiary/aromatic N) is 2. The number of nitrogens with one attached hydrogen (secondary N) is 1. The van der Waals surface area contributed by atoms with Crippen LogP contribution in [0.2, 0.25) is 5.02 Å². The first-order chi connectivity index (χ1) is 11.5. The smallest absolute Gasteiger partial charge is 0.235 e. The Labute approximate surface area is 146 Å². The van der Waals surface area contributed by atoms with Crippen molar-refractivity contribution in [2.75, 3.05) is 6.54 Å². The highest BCUT2D eigenvalue weighted by Crippen LogP contribution is 2.31. The van der Waals surface area contributed by atoms with Crippen LogP contribution in [-0.2, 0) is 11.3 Å². The minimum atomic E-state index is -0.720. The first kappa shape index (κ1) is 17.2. The maximum absolute atomic E-state index is 14.0. The zero-order valence-corrected chi connectivity index (χ0v) is 14.3. The third kappa shape index (κ3) is 3.88. The largest absolute Gasteiger partial charge is 0.337 e. The number of carbonyl (C=O) groups excluding carboxylic acids is 1. The predicted molar refractivity (Wildman–Crippen MR) is 89.8 cm³/mol. The van der Waals surface area contributed by atoms with Gasteiger partial charge in [-0.05, 0) is 50.7 Å². The van der Waals surface area contributed by atoms with Crippen LogP contribution in [0, 0.1) is 17.1 Å². The number of nitriles is 1. The molecule has 0 saturated heterocycles. The van der Waals surface area contributed by atoms with Crippen LogP contribution in [-0.4, -0.2) is 28.9 Å². The van der Waals surface area contributed by atoms with Crippen LogP contribution in [0.25, 0.3) is 0 Å². The molecule has 0 unspecified atom stereocenters. The summed E-state index contributed by atoms with van der Waals surface area (Å²) in [5.74, 6) is -0.518. The second-order valence-corrected chi connectivity index (χ2v) is 7.19. The molecule has 0 heterocycles. The lowest BCUT2D eigenvalue weighted by molar-refractivity contribution is -0.123. The Kier molecular flexibility index (Phi) is 5.07. The molecule has 6 heteroatoms. The van der Waals surface area contributed by atoms with Crippen molar-refractivity contribution in [2.45, 2.75) is 56.7 Å². The fourth-order valence-corrected chi connectivity index (χ4v) is 3.60. The monoisotopic (exact) mass is 349 g/mol. The Hall–Kier alpha value is -1.64. The fourth-order valence-electron chi connectivity index (χ4n) is 3.37. The van der Waals surface area contributed by atoms with Gasteiger partial charge in [-0.1, -0.05) is 17.7 Å². The van der Waals surface area contributed by atoms with E-state index in [0.29, 0.717) is 30.0 Å². The Balaban J connectivity index is 1.66. The summed E-state index contributed by atoms with van der Waals surface area (Å²) in [4.78, 5) is 14.4. The van der Waals surface area contributed by atoms with Gasteiger partial charge in [0.05, 0.1) is 12.6 Å². The average Bonchev–Trinajstić information content (AvgIpc) is 3.30. The van der Waals surface area contributed by atoms with Gasteiger partial charge >= 0.3 is 0 Å². The van der Waals surface area contributed by atoms with Crippen molar-refractivity contribution in [3.05, 3.63) is 34.6 Å². The molecule has 0 spiro atoms. The first-order valence-corrected chi connectivity index (χ1v) is 8.80. The van der Waals surface area contributed by atoms with Crippen LogP contribution < -0.4 is 5.32 Å². The van der Waals surface area contributed by atoms with E-state index in [9.17, 15) is 14.4 Å². The molecule has 1 amide bonds. The van der Waals surface area contributed by atoms with E-state index in [4.69, 9.17) is 11.6 Å². The van der Waals surface area contributed by atoms with E-state index in [-0.39, 0.29) is 24.3 Å². The molecule has 3 rings (SSSR count). The molecule has 0 radical (unpaired) electrons. The van der Waals surface area contributed by atoms with Crippen molar-refractivity contribution < 1.29 is 9.18 Å². The topological polar surface area (TPSA) is 56.1 Å². The van der Waals surface area contributed by atoms with E-state index in [1.54, 1.807) is 12.1 Å². The minimum absolute atomic E-state index is 0.165. The molecule has 2 aliphatic carbocycles. The van der Waals surface area contributed by atoms with Gasteiger partial charge in [-0.25, -0.2) is 4.39 Å². The van der Waals surface area contributed by atoms with Gasteiger partial charge in [0, 0.05) is 23.2 Å². The van der Waals surface area contributed by atoms with E-state index < -0.39 is 5.54 Å². The minimum Gasteiger partial charge on any atom is -0.337 e. The van der Waals surface area contributed by atoms with Gasteiger partial charge in [0.1, 0.15) is 11.4 Å². The Morgan fingerprint density at radius 2 is 2.12 bits per heavy atom. The summed E-state index contributed by atoms with van der Waals surface area (Å²) in [6.07, 6.45) is 5.34. The molecule has 0 bridgehead atoms. The van der Waals surface area contributed by atoms with Crippen molar-refractivity contribution >= 4 is 17.5 Å². The molecule has 128 valence electrons. The summed E-state index contributed by atoms with van der Waals surface area (Å²) in [7, 11) is 0. The fraction of sp³-hybridized carbons (Fsp3) is 0.556. The summed E-state index contributed by atoms with van der Waals surface area (Å²) in [5, 5.41) is 12.7. The molecule has 2 saturated carbocycles. The maximum atomic E-state index is 14.0. The SMILES string of the molecule is N#CC1(NC(=O)CN(Cc2c(F)cccc2Cl)C2CC2)CCCC1. The molecule has 1 aromatic carbocycles. The zero-order chi connectivity index (χ0) is 17.2. The summed E-state index contributed by atoms with van der Waals surface area (Å²) in [6, 6.07) is 7.17. The third-order valence-corrected chi connectivity index (χ3v) is 5.24. The van der Waals surface area contributed by atoms with E-state index in [1.807, 2.05) is 4.90 Å². The van der Waals surface area contributed by atoms with E-state index in [2.05, 4.69) is 11.4 Å². The second-order valence-electron chi connectivity index (χ2n) is 6.79. The number of hydrogen-bond acceptors (Lipinski definition) is 3. The normalized spacial score (nSPS) is 19.2. The second kappa shape index (κ2) is 7.08. The molecule has 4 nitrogen and oxygen atoms in total. The number of halogens is 2. The molecule has 0 aromatic heterocycles. The molecule has 1 N–H and O–H groups in total. The lowest BCUT2D eigenvalue weighted by Gasteiger charge is -2.26. The van der Waals surface area contributed by atoms with Crippen molar-refractivity contribution in [3.8, 4) is 6.07 Å². The zero-order valence-electron chi connectivity index (χ0n) is 13.5. The number of benzene rings is 1. The molecule has 2 fully saturated rings. The van der Waals surface area contributed by atoms with Crippen molar-refractivity contribution in [2.24, 2.45) is 0 Å². The molecular weight excluding hydrogens is 329 g/mol. The molecular formula is C18H21ClFN3O. The van der Waals surface area contributed by atoms with E-state index in [1.165, 1.54) is 6.07 Å². The summed E-state index contributed by atoms with van der Waals surface area (Å²) < 4.78 is 14.0. The lowest BCUT2D eigenvalue weighted by Crippen LogP contribution is -2.49. The Bertz CT molecular complexity index is 642. The van der Waals surface area contributed by atoms with Crippen LogP contribution in [0.1, 0.15) is 44.1 Å². The van der Waals surface area contributed by atoms with E-state index in [0.717, 1.165) is 25.7 Å². The maximum Gasteiger partial charge on any atom is 0.235 e. The molecule has 0 atom stereocenters. The van der Waals surface area contributed by atoms with Gasteiger partial charge in [0.25, 0.3) is 0 Å². The predicted octanol–water partition coefficient (Wildman–Crippen LogP) is 3.40. The van der Waals surface area contributed by atoms with Gasteiger partial charge in [-0.2, -0.15) is 5.26 Å². The third-order valence-electron chi connectivity index (χ3n) is 4.88. The quantitative estimate of drug-likeness (QED) is 0.856. The van der Waals surface area contributed by atoms with Gasteiger partial charge in [0.15, 0.2) is 0 Å². The van der Waals surface area contributed by atoms with Crippen LogP contribution >= 0.6 is 11.6 Å². The Morgan fingerprint density at radius 1 is 1.42 bits per heavy atom.